The van der Waals surface area contributed by atoms with E-state index in [2.05, 4.69) is 176 Å². The van der Waals surface area contributed by atoms with E-state index in [0.29, 0.717) is 5.71 Å². The lowest BCUT2D eigenvalue weighted by atomic mass is 9.89. The smallest absolute Gasteiger partial charge is 0.0716 e. The SMILES string of the molecule is N=C(/C=C(/c1ccccc1)c1cccc2ccc(-c3cc(-c4ccccc4)nc(-c4cc(-c5ccccc5)cc(-c5ccccc5)c4)c3)cc12)c1ccccc1. The van der Waals surface area contributed by atoms with Crippen molar-refractivity contribution in [1.82, 2.24) is 4.98 Å². The molecule has 1 heterocycles. The molecule has 0 aliphatic carbocycles. The van der Waals surface area contributed by atoms with Gasteiger partial charge in [0.15, 0.2) is 0 Å². The van der Waals surface area contributed by atoms with E-state index in [1.807, 2.05) is 48.5 Å². The summed E-state index contributed by atoms with van der Waals surface area (Å²) in [7, 11) is 0. The average molecular weight is 715 g/mol. The molecule has 0 fully saturated rings. The highest BCUT2D eigenvalue weighted by Gasteiger charge is 2.15. The summed E-state index contributed by atoms with van der Waals surface area (Å²) in [6.07, 6.45) is 2.01. The van der Waals surface area contributed by atoms with Crippen LogP contribution >= 0.6 is 0 Å². The normalized spacial score (nSPS) is 11.4. The fourth-order valence-corrected chi connectivity index (χ4v) is 7.44. The second-order valence-electron chi connectivity index (χ2n) is 14.0. The molecular formula is C54H38N2. The minimum Gasteiger partial charge on any atom is -0.300 e. The molecule has 8 aromatic carbocycles. The van der Waals surface area contributed by atoms with Crippen molar-refractivity contribution in [3.8, 4) is 55.9 Å². The zero-order valence-corrected chi connectivity index (χ0v) is 30.8. The molecule has 2 nitrogen and oxygen atoms in total. The van der Waals surface area contributed by atoms with Crippen LogP contribution in [0.25, 0.3) is 72.2 Å². The van der Waals surface area contributed by atoms with E-state index in [9.17, 15) is 0 Å². The second-order valence-corrected chi connectivity index (χ2v) is 14.0. The van der Waals surface area contributed by atoms with E-state index >= 15 is 0 Å². The van der Waals surface area contributed by atoms with Gasteiger partial charge in [0.25, 0.3) is 0 Å². The number of allylic oxidation sites excluding steroid dienone is 1. The lowest BCUT2D eigenvalue weighted by Crippen LogP contribution is -1.98. The maximum atomic E-state index is 9.11. The number of benzene rings is 8. The van der Waals surface area contributed by atoms with Gasteiger partial charge in [0.1, 0.15) is 0 Å². The molecule has 9 rings (SSSR count). The Labute approximate surface area is 328 Å². The van der Waals surface area contributed by atoms with Gasteiger partial charge >= 0.3 is 0 Å². The van der Waals surface area contributed by atoms with Crippen LogP contribution in [0.3, 0.4) is 0 Å². The summed E-state index contributed by atoms with van der Waals surface area (Å²) in [6.45, 7) is 0. The quantitative estimate of drug-likeness (QED) is 0.149. The van der Waals surface area contributed by atoms with Crippen molar-refractivity contribution in [2.24, 2.45) is 0 Å². The molecular weight excluding hydrogens is 677 g/mol. The number of nitrogens with zero attached hydrogens (tertiary/aromatic N) is 1. The second kappa shape index (κ2) is 15.5. The fourth-order valence-electron chi connectivity index (χ4n) is 7.44. The third-order valence-electron chi connectivity index (χ3n) is 10.3. The Morgan fingerprint density at radius 3 is 1.43 bits per heavy atom. The molecule has 0 radical (unpaired) electrons. The molecule has 56 heavy (non-hydrogen) atoms. The minimum absolute atomic E-state index is 0.469. The van der Waals surface area contributed by atoms with Crippen molar-refractivity contribution in [3.63, 3.8) is 0 Å². The fraction of sp³-hybridized carbons (Fsp3) is 0. The van der Waals surface area contributed by atoms with E-state index in [1.54, 1.807) is 0 Å². The van der Waals surface area contributed by atoms with Gasteiger partial charge in [0.05, 0.1) is 17.1 Å². The lowest BCUT2D eigenvalue weighted by molar-refractivity contribution is 1.32. The molecule has 264 valence electrons. The van der Waals surface area contributed by atoms with Gasteiger partial charge in [0.2, 0.25) is 0 Å². The number of hydrogen-bond acceptors (Lipinski definition) is 2. The first-order chi connectivity index (χ1) is 27.7. The topological polar surface area (TPSA) is 36.7 Å². The standard InChI is InChI=1S/C54H38N2/c55-52(42-23-12-4-13-24-42)37-51(40-21-10-3-11-22-40)49-28-16-27-41-29-30-44(34-50(41)49)47-35-53(43-25-14-5-15-26-43)56-54(36-47)48-32-45(38-17-6-1-7-18-38)31-46(33-48)39-19-8-2-9-20-39/h1-37,55H/b51-37-,55-52?. The van der Waals surface area contributed by atoms with Crippen LogP contribution in [0, 0.1) is 5.41 Å². The molecule has 9 aromatic rings. The number of rotatable bonds is 9. The third kappa shape index (κ3) is 7.24. The molecule has 0 saturated carbocycles. The van der Waals surface area contributed by atoms with E-state index in [4.69, 9.17) is 10.4 Å². The maximum absolute atomic E-state index is 9.11. The number of aromatic nitrogens is 1. The zero-order valence-electron chi connectivity index (χ0n) is 30.8. The largest absolute Gasteiger partial charge is 0.300 e. The summed E-state index contributed by atoms with van der Waals surface area (Å²) in [5, 5.41) is 11.4. The van der Waals surface area contributed by atoms with Gasteiger partial charge in [-0.05, 0) is 109 Å². The Balaban J connectivity index is 1.23. The molecule has 0 saturated heterocycles. The van der Waals surface area contributed by atoms with Crippen molar-refractivity contribution >= 4 is 22.1 Å². The summed E-state index contributed by atoms with van der Waals surface area (Å²) in [4.78, 5) is 5.35. The highest BCUT2D eigenvalue weighted by molar-refractivity contribution is 6.14. The number of nitrogens with one attached hydrogen (secondary N) is 1. The first kappa shape index (κ1) is 34.4. The summed E-state index contributed by atoms with van der Waals surface area (Å²) in [5.41, 5.74) is 15.2. The van der Waals surface area contributed by atoms with Gasteiger partial charge < -0.3 is 5.41 Å². The van der Waals surface area contributed by atoms with Crippen molar-refractivity contribution in [1.29, 1.82) is 5.41 Å². The predicted molar refractivity (Wildman–Crippen MR) is 236 cm³/mol. The van der Waals surface area contributed by atoms with Gasteiger partial charge in [-0.15, -0.1) is 0 Å². The van der Waals surface area contributed by atoms with E-state index in [0.717, 1.165) is 88.9 Å². The highest BCUT2D eigenvalue weighted by atomic mass is 14.7. The molecule has 2 heteroatoms. The number of pyridine rings is 1. The van der Waals surface area contributed by atoms with Crippen molar-refractivity contribution in [3.05, 3.63) is 241 Å². The van der Waals surface area contributed by atoms with Crippen LogP contribution in [0.2, 0.25) is 0 Å². The average Bonchev–Trinajstić information content (AvgIpc) is 3.29. The molecule has 0 aliphatic heterocycles. The highest BCUT2D eigenvalue weighted by Crippen LogP contribution is 2.38. The van der Waals surface area contributed by atoms with Crippen LogP contribution in [0.4, 0.5) is 0 Å². The van der Waals surface area contributed by atoms with Crippen LogP contribution in [-0.4, -0.2) is 10.7 Å². The van der Waals surface area contributed by atoms with Gasteiger partial charge in [-0.2, -0.15) is 0 Å². The molecule has 1 aromatic heterocycles. The molecule has 0 unspecified atom stereocenters. The van der Waals surface area contributed by atoms with Crippen molar-refractivity contribution in [2.45, 2.75) is 0 Å². The first-order valence-electron chi connectivity index (χ1n) is 18.9. The van der Waals surface area contributed by atoms with Crippen molar-refractivity contribution in [2.75, 3.05) is 0 Å². The lowest BCUT2D eigenvalue weighted by Gasteiger charge is -2.16. The van der Waals surface area contributed by atoms with E-state index < -0.39 is 0 Å². The van der Waals surface area contributed by atoms with Crippen LogP contribution in [0.1, 0.15) is 16.7 Å². The van der Waals surface area contributed by atoms with Crippen LogP contribution < -0.4 is 0 Å². The minimum atomic E-state index is 0.469. The van der Waals surface area contributed by atoms with E-state index in [-0.39, 0.29) is 0 Å². The summed E-state index contributed by atoms with van der Waals surface area (Å²) in [5.74, 6) is 0. The number of fused-ring (bicyclic) bond motifs is 1. The third-order valence-corrected chi connectivity index (χ3v) is 10.3. The van der Waals surface area contributed by atoms with Gasteiger partial charge in [0, 0.05) is 11.1 Å². The monoisotopic (exact) mass is 714 g/mol. The Kier molecular flexibility index (Phi) is 9.52. The summed E-state index contributed by atoms with van der Waals surface area (Å²) < 4.78 is 0. The van der Waals surface area contributed by atoms with Gasteiger partial charge in [-0.3, -0.25) is 0 Å². The molecule has 0 aliphatic rings. The van der Waals surface area contributed by atoms with Crippen LogP contribution in [0.5, 0.6) is 0 Å². The summed E-state index contributed by atoms with van der Waals surface area (Å²) >= 11 is 0. The molecule has 0 bridgehead atoms. The van der Waals surface area contributed by atoms with Crippen LogP contribution in [0.15, 0.2) is 224 Å². The molecule has 0 atom stereocenters. The predicted octanol–water partition coefficient (Wildman–Crippen LogP) is 14.1. The van der Waals surface area contributed by atoms with Crippen molar-refractivity contribution < 1.29 is 0 Å². The Bertz CT molecular complexity index is 2770. The molecule has 0 amide bonds. The van der Waals surface area contributed by atoms with Gasteiger partial charge in [-0.25, -0.2) is 4.98 Å². The maximum Gasteiger partial charge on any atom is 0.0716 e. The van der Waals surface area contributed by atoms with Gasteiger partial charge in [-0.1, -0.05) is 182 Å². The zero-order chi connectivity index (χ0) is 37.7. The van der Waals surface area contributed by atoms with Crippen LogP contribution in [-0.2, 0) is 0 Å². The Morgan fingerprint density at radius 2 is 0.839 bits per heavy atom. The Morgan fingerprint density at radius 1 is 0.357 bits per heavy atom. The first-order valence-corrected chi connectivity index (χ1v) is 18.9. The molecule has 0 spiro atoms. The molecule has 1 N–H and O–H groups in total. The van der Waals surface area contributed by atoms with E-state index in [1.165, 1.54) is 0 Å². The Hall–Kier alpha value is -7.42. The summed E-state index contributed by atoms with van der Waals surface area (Å²) in [6, 6.07) is 76.4. The number of hydrogen-bond donors (Lipinski definition) is 1.